The lowest BCUT2D eigenvalue weighted by atomic mass is 10.1. The normalized spacial score (nSPS) is 15.6. The largest absolute Gasteiger partial charge is 0.494 e. The van der Waals surface area contributed by atoms with Crippen molar-refractivity contribution >= 4 is 11.9 Å². The summed E-state index contributed by atoms with van der Waals surface area (Å²) in [6, 6.07) is 8.64. The van der Waals surface area contributed by atoms with Gasteiger partial charge in [0.1, 0.15) is 5.75 Å². The molecular weight excluding hydrogens is 320 g/mol. The number of carbonyl (C=O) groups excluding carboxylic acids is 2. The van der Waals surface area contributed by atoms with Gasteiger partial charge in [0, 0.05) is 19.5 Å². The number of nitrogens with one attached hydrogen (secondary N) is 1. The molecule has 6 heteroatoms. The number of likely N-dealkylation sites (tertiary alicyclic amines) is 1. The highest BCUT2D eigenvalue weighted by molar-refractivity contribution is 5.79. The Bertz CT molecular complexity index is 570. The molecule has 1 amide bonds. The molecule has 0 bridgehead atoms. The van der Waals surface area contributed by atoms with Crippen molar-refractivity contribution in [3.8, 4) is 5.75 Å². The second kappa shape index (κ2) is 10.0. The van der Waals surface area contributed by atoms with Gasteiger partial charge < -0.3 is 14.8 Å². The Morgan fingerprint density at radius 1 is 1.28 bits per heavy atom. The molecule has 6 nitrogen and oxygen atoms in total. The molecule has 25 heavy (non-hydrogen) atoms. The Labute approximate surface area is 149 Å². The summed E-state index contributed by atoms with van der Waals surface area (Å²) in [4.78, 5) is 24.5. The fourth-order valence-electron chi connectivity index (χ4n) is 2.91. The van der Waals surface area contributed by atoms with E-state index >= 15 is 0 Å². The van der Waals surface area contributed by atoms with Gasteiger partial charge in [-0.1, -0.05) is 12.1 Å². The molecule has 1 fully saturated rings. The summed E-state index contributed by atoms with van der Waals surface area (Å²) in [5, 5.41) is 2.69. The van der Waals surface area contributed by atoms with Crippen molar-refractivity contribution in [3.63, 3.8) is 0 Å². The molecule has 1 unspecified atom stereocenters. The SMILES string of the molecule is CC(=O)OCC(=O)NCCCOc1cccc(C(C)N2CCCC2)c1. The second-order valence-electron chi connectivity index (χ2n) is 6.32. The summed E-state index contributed by atoms with van der Waals surface area (Å²) in [6.07, 6.45) is 3.26. The second-order valence-corrected chi connectivity index (χ2v) is 6.32. The minimum absolute atomic E-state index is 0.230. The molecule has 1 atom stereocenters. The van der Waals surface area contributed by atoms with Crippen LogP contribution < -0.4 is 10.1 Å². The quantitative estimate of drug-likeness (QED) is 0.548. The number of hydrogen-bond donors (Lipinski definition) is 1. The summed E-state index contributed by atoms with van der Waals surface area (Å²) >= 11 is 0. The molecule has 0 aromatic heterocycles. The van der Waals surface area contributed by atoms with Gasteiger partial charge >= 0.3 is 5.97 Å². The molecule has 0 spiro atoms. The van der Waals surface area contributed by atoms with Gasteiger partial charge in [0.05, 0.1) is 6.61 Å². The van der Waals surface area contributed by atoms with Crippen LogP contribution in [0.1, 0.15) is 44.7 Å². The van der Waals surface area contributed by atoms with Crippen molar-refractivity contribution in [2.45, 2.75) is 39.2 Å². The van der Waals surface area contributed by atoms with Crippen LogP contribution in [0.2, 0.25) is 0 Å². The molecule has 1 saturated heterocycles. The van der Waals surface area contributed by atoms with E-state index in [1.54, 1.807) is 0 Å². The third-order valence-corrected chi connectivity index (χ3v) is 4.35. The molecule has 1 aromatic carbocycles. The Kier molecular flexibility index (Phi) is 7.73. The molecule has 1 N–H and O–H groups in total. The average Bonchev–Trinajstić information content (AvgIpc) is 3.14. The van der Waals surface area contributed by atoms with Gasteiger partial charge in [0.2, 0.25) is 0 Å². The molecule has 0 aliphatic carbocycles. The lowest BCUT2D eigenvalue weighted by Gasteiger charge is -2.24. The molecule has 138 valence electrons. The number of esters is 1. The Balaban J connectivity index is 1.68. The lowest BCUT2D eigenvalue weighted by Crippen LogP contribution is -2.29. The fraction of sp³-hybridized carbons (Fsp3) is 0.579. The maximum atomic E-state index is 11.4. The predicted molar refractivity (Wildman–Crippen MR) is 95.4 cm³/mol. The van der Waals surface area contributed by atoms with Gasteiger partial charge in [-0.3, -0.25) is 14.5 Å². The molecule has 1 heterocycles. The Hall–Kier alpha value is -2.08. The van der Waals surface area contributed by atoms with Crippen LogP contribution in [0.5, 0.6) is 5.75 Å². The van der Waals surface area contributed by atoms with Gasteiger partial charge in [0.15, 0.2) is 6.61 Å². The molecule has 1 aliphatic rings. The van der Waals surface area contributed by atoms with Crippen molar-refractivity contribution in [2.24, 2.45) is 0 Å². The smallest absolute Gasteiger partial charge is 0.303 e. The van der Waals surface area contributed by atoms with Crippen LogP contribution in [-0.2, 0) is 14.3 Å². The molecule has 0 saturated carbocycles. The highest BCUT2D eigenvalue weighted by Crippen LogP contribution is 2.26. The highest BCUT2D eigenvalue weighted by atomic mass is 16.5. The molecular formula is C19H28N2O4. The molecule has 2 rings (SSSR count). The van der Waals surface area contributed by atoms with E-state index in [-0.39, 0.29) is 12.5 Å². The number of ether oxygens (including phenoxy) is 2. The predicted octanol–water partition coefficient (Wildman–Crippen LogP) is 2.29. The van der Waals surface area contributed by atoms with E-state index in [1.165, 1.54) is 38.4 Å². The summed E-state index contributed by atoms with van der Waals surface area (Å²) < 4.78 is 10.4. The van der Waals surface area contributed by atoms with Gasteiger partial charge in [-0.05, 0) is 57.0 Å². The van der Waals surface area contributed by atoms with E-state index in [2.05, 4.69) is 34.0 Å². The number of benzene rings is 1. The number of amides is 1. The summed E-state index contributed by atoms with van der Waals surface area (Å²) in [5.74, 6) is 0.105. The van der Waals surface area contributed by atoms with E-state index in [0.717, 1.165) is 5.75 Å². The average molecular weight is 348 g/mol. The monoisotopic (exact) mass is 348 g/mol. The molecule has 1 aliphatic heterocycles. The summed E-state index contributed by atoms with van der Waals surface area (Å²) in [6.45, 7) is 6.63. The van der Waals surface area contributed by atoms with Crippen LogP contribution in [0.25, 0.3) is 0 Å². The number of nitrogens with zero attached hydrogens (tertiary/aromatic N) is 1. The Morgan fingerprint density at radius 2 is 2.04 bits per heavy atom. The minimum Gasteiger partial charge on any atom is -0.494 e. The van der Waals surface area contributed by atoms with E-state index < -0.39 is 5.97 Å². The summed E-state index contributed by atoms with van der Waals surface area (Å²) in [5.41, 5.74) is 1.27. The van der Waals surface area contributed by atoms with Crippen LogP contribution in [0.3, 0.4) is 0 Å². The van der Waals surface area contributed by atoms with Crippen LogP contribution in [0.15, 0.2) is 24.3 Å². The first-order valence-electron chi connectivity index (χ1n) is 8.93. The van der Waals surface area contributed by atoms with Crippen molar-refractivity contribution in [3.05, 3.63) is 29.8 Å². The minimum atomic E-state index is -0.457. The number of hydrogen-bond acceptors (Lipinski definition) is 5. The van der Waals surface area contributed by atoms with E-state index in [9.17, 15) is 9.59 Å². The van der Waals surface area contributed by atoms with Crippen LogP contribution >= 0.6 is 0 Å². The van der Waals surface area contributed by atoms with Crippen molar-refractivity contribution in [1.82, 2.24) is 10.2 Å². The lowest BCUT2D eigenvalue weighted by molar-refractivity contribution is -0.146. The van der Waals surface area contributed by atoms with Crippen LogP contribution in [0, 0.1) is 0 Å². The third-order valence-electron chi connectivity index (χ3n) is 4.35. The topological polar surface area (TPSA) is 67.9 Å². The van der Waals surface area contributed by atoms with Crippen molar-refractivity contribution in [2.75, 3.05) is 32.8 Å². The maximum Gasteiger partial charge on any atom is 0.303 e. The first-order valence-corrected chi connectivity index (χ1v) is 8.93. The van der Waals surface area contributed by atoms with E-state index in [0.29, 0.717) is 25.6 Å². The van der Waals surface area contributed by atoms with Crippen molar-refractivity contribution < 1.29 is 19.1 Å². The highest BCUT2D eigenvalue weighted by Gasteiger charge is 2.19. The first-order chi connectivity index (χ1) is 12.1. The zero-order valence-electron chi connectivity index (χ0n) is 15.1. The zero-order chi connectivity index (χ0) is 18.1. The third kappa shape index (κ3) is 6.74. The van der Waals surface area contributed by atoms with Gasteiger partial charge in [-0.2, -0.15) is 0 Å². The fourth-order valence-corrected chi connectivity index (χ4v) is 2.91. The van der Waals surface area contributed by atoms with Gasteiger partial charge in [-0.15, -0.1) is 0 Å². The van der Waals surface area contributed by atoms with Gasteiger partial charge in [0.25, 0.3) is 5.91 Å². The first kappa shape index (κ1) is 19.2. The number of carbonyl (C=O) groups is 2. The standard InChI is InChI=1S/C19H28N2O4/c1-15(21-10-3-4-11-21)17-7-5-8-18(13-17)24-12-6-9-20-19(23)14-25-16(2)22/h5,7-8,13,15H,3-4,6,9-12,14H2,1-2H3,(H,20,23). The molecule has 1 aromatic rings. The van der Waals surface area contributed by atoms with Crippen LogP contribution in [-0.4, -0.2) is 49.6 Å². The van der Waals surface area contributed by atoms with E-state index in [4.69, 9.17) is 4.74 Å². The summed E-state index contributed by atoms with van der Waals surface area (Å²) in [7, 11) is 0. The van der Waals surface area contributed by atoms with E-state index in [1.807, 2.05) is 12.1 Å². The van der Waals surface area contributed by atoms with Gasteiger partial charge in [-0.25, -0.2) is 0 Å². The maximum absolute atomic E-state index is 11.4. The van der Waals surface area contributed by atoms with Crippen molar-refractivity contribution in [1.29, 1.82) is 0 Å². The zero-order valence-corrected chi connectivity index (χ0v) is 15.1. The molecule has 0 radical (unpaired) electrons. The Morgan fingerprint density at radius 3 is 2.76 bits per heavy atom. The number of rotatable bonds is 9. The van der Waals surface area contributed by atoms with Crippen LogP contribution in [0.4, 0.5) is 0 Å².